The average Bonchev–Trinajstić information content (AvgIpc) is 2.69. The molecule has 0 heterocycles. The first-order valence-electron chi connectivity index (χ1n) is 11.4. The van der Waals surface area contributed by atoms with E-state index in [0.29, 0.717) is 6.42 Å². The van der Waals surface area contributed by atoms with Crippen molar-refractivity contribution in [1.82, 2.24) is 0 Å². The fraction of sp³-hybridized carbons (Fsp3) is 0.750. The van der Waals surface area contributed by atoms with Crippen molar-refractivity contribution in [1.29, 1.82) is 0 Å². The van der Waals surface area contributed by atoms with Gasteiger partial charge in [-0.3, -0.25) is 4.79 Å². The number of unbranched alkanes of at least 4 members (excludes halogenated alkanes) is 5. The van der Waals surface area contributed by atoms with Crippen molar-refractivity contribution in [2.45, 2.75) is 76.9 Å². The van der Waals surface area contributed by atoms with Crippen LogP contribution in [0.1, 0.15) is 64.7 Å². The second-order valence-corrected chi connectivity index (χ2v) is 8.75. The molecule has 0 radical (unpaired) electrons. The number of aliphatic hydroxyl groups excluding tert-OH is 1. The highest BCUT2D eigenvalue weighted by molar-refractivity contribution is 5.69. The van der Waals surface area contributed by atoms with E-state index in [1.165, 1.54) is 12.8 Å². The number of ether oxygens (including phenoxy) is 2. The van der Waals surface area contributed by atoms with Crippen LogP contribution < -0.4 is 5.11 Å². The lowest BCUT2D eigenvalue weighted by Crippen LogP contribution is -2.55. The maximum Gasteiger partial charge on any atom is 0.305 e. The second-order valence-electron chi connectivity index (χ2n) is 8.75. The Labute approximate surface area is 188 Å². The van der Waals surface area contributed by atoms with E-state index in [-0.39, 0.29) is 36.7 Å². The number of carbonyl (C=O) groups is 2. The van der Waals surface area contributed by atoms with Crippen LogP contribution in [0.25, 0.3) is 0 Å². The number of hydrogen-bond acceptors (Lipinski definition) is 6. The monoisotopic (exact) mass is 441 g/mol. The number of aliphatic hydroxyl groups is 1. The van der Waals surface area contributed by atoms with Gasteiger partial charge in [-0.15, -0.1) is 0 Å². The minimum absolute atomic E-state index is 0.0105. The van der Waals surface area contributed by atoms with E-state index in [4.69, 9.17) is 9.47 Å². The molecule has 0 aromatic rings. The van der Waals surface area contributed by atoms with E-state index >= 15 is 0 Å². The van der Waals surface area contributed by atoms with Gasteiger partial charge in [-0.2, -0.15) is 0 Å². The van der Waals surface area contributed by atoms with E-state index in [1.54, 1.807) is 21.1 Å². The molecule has 0 fully saturated rings. The Bertz CT molecular complexity index is 539. The number of rotatable bonds is 19. The largest absolute Gasteiger partial charge is 0.544 e. The highest BCUT2D eigenvalue weighted by Crippen LogP contribution is 2.08. The molecule has 7 nitrogen and oxygen atoms in total. The third-order valence-electron chi connectivity index (χ3n) is 4.85. The van der Waals surface area contributed by atoms with E-state index in [0.717, 1.165) is 32.1 Å². The summed E-state index contributed by atoms with van der Waals surface area (Å²) < 4.78 is 10.6. The van der Waals surface area contributed by atoms with Crippen LogP contribution in [-0.4, -0.2) is 74.6 Å². The second kappa shape index (κ2) is 17.9. The van der Waals surface area contributed by atoms with Crippen molar-refractivity contribution >= 4 is 11.9 Å². The molecule has 0 saturated carbocycles. The molecule has 31 heavy (non-hydrogen) atoms. The van der Waals surface area contributed by atoms with E-state index in [2.05, 4.69) is 31.2 Å². The minimum atomic E-state index is -1.12. The van der Waals surface area contributed by atoms with Gasteiger partial charge in [0.15, 0.2) is 0 Å². The Morgan fingerprint density at radius 1 is 1.00 bits per heavy atom. The van der Waals surface area contributed by atoms with Crippen LogP contribution in [0.5, 0.6) is 0 Å². The molecule has 0 aliphatic heterocycles. The number of hydrogen-bond donors (Lipinski definition) is 1. The van der Waals surface area contributed by atoms with Crippen LogP contribution in [0.3, 0.4) is 0 Å². The number of esters is 1. The lowest BCUT2D eigenvalue weighted by atomic mass is 10.1. The standard InChI is InChI=1S/C24H43NO6/c1-5-6-7-8-9-10-11-12-13-14-15-16-23(27)31-20-21(26)19-30-18-17-22(24(28)29)25(2,3)4/h8-11,21-22,26H,5-7,12-20H2,1-4H3/b9-8+,11-10+. The van der Waals surface area contributed by atoms with Crippen LogP contribution in [-0.2, 0) is 19.1 Å². The summed E-state index contributed by atoms with van der Waals surface area (Å²) in [5.74, 6) is -1.45. The average molecular weight is 442 g/mol. The Balaban J connectivity index is 3.72. The quantitative estimate of drug-likeness (QED) is 0.143. The Morgan fingerprint density at radius 2 is 1.65 bits per heavy atom. The topological polar surface area (TPSA) is 95.9 Å². The number of likely N-dealkylation sites (N-methyl/N-ethyl adjacent to an activating group) is 1. The Hall–Kier alpha value is -1.70. The van der Waals surface area contributed by atoms with Crippen LogP contribution in [0.15, 0.2) is 24.3 Å². The molecule has 0 saturated heterocycles. The summed E-state index contributed by atoms with van der Waals surface area (Å²) in [4.78, 5) is 22.9. The normalized spacial score (nSPS) is 14.2. The van der Waals surface area contributed by atoms with Gasteiger partial charge in [0, 0.05) is 12.8 Å². The van der Waals surface area contributed by atoms with E-state index in [9.17, 15) is 19.8 Å². The van der Waals surface area contributed by atoms with Gasteiger partial charge in [-0.05, 0) is 25.7 Å². The number of allylic oxidation sites excluding steroid dienone is 4. The van der Waals surface area contributed by atoms with Gasteiger partial charge in [0.05, 0.1) is 40.3 Å². The van der Waals surface area contributed by atoms with Gasteiger partial charge in [0.25, 0.3) is 0 Å². The third-order valence-corrected chi connectivity index (χ3v) is 4.85. The highest BCUT2D eigenvalue weighted by atomic mass is 16.5. The maximum atomic E-state index is 11.7. The van der Waals surface area contributed by atoms with Gasteiger partial charge >= 0.3 is 5.97 Å². The summed E-state index contributed by atoms with van der Waals surface area (Å²) in [5, 5.41) is 21.0. The van der Waals surface area contributed by atoms with Crippen molar-refractivity contribution in [3.63, 3.8) is 0 Å². The SMILES string of the molecule is CCCC/C=C/C=C/CCCCCC(=O)OCC(O)COCCC(C(=O)[O-])[N+](C)(C)C. The first-order valence-corrected chi connectivity index (χ1v) is 11.4. The number of carbonyl (C=O) groups excluding carboxylic acids is 2. The van der Waals surface area contributed by atoms with Crippen molar-refractivity contribution < 1.29 is 33.8 Å². The summed E-state index contributed by atoms with van der Waals surface area (Å²) in [7, 11) is 5.33. The summed E-state index contributed by atoms with van der Waals surface area (Å²) >= 11 is 0. The molecule has 0 rings (SSSR count). The number of quaternary nitrogens is 1. The zero-order chi connectivity index (χ0) is 23.5. The fourth-order valence-corrected chi connectivity index (χ4v) is 2.92. The van der Waals surface area contributed by atoms with Gasteiger partial charge in [-0.1, -0.05) is 50.5 Å². The van der Waals surface area contributed by atoms with E-state index in [1.807, 2.05) is 0 Å². The van der Waals surface area contributed by atoms with Crippen molar-refractivity contribution in [3.05, 3.63) is 24.3 Å². The Morgan fingerprint density at radius 3 is 2.23 bits per heavy atom. The predicted octanol–water partition coefficient (Wildman–Crippen LogP) is 2.38. The van der Waals surface area contributed by atoms with Crippen LogP contribution in [0, 0.1) is 0 Å². The van der Waals surface area contributed by atoms with Crippen molar-refractivity contribution in [2.24, 2.45) is 0 Å². The van der Waals surface area contributed by atoms with Crippen molar-refractivity contribution in [3.8, 4) is 0 Å². The number of nitrogens with zero attached hydrogens (tertiary/aromatic N) is 1. The summed E-state index contributed by atoms with van der Waals surface area (Å²) in [5.41, 5.74) is 0. The molecule has 2 atom stereocenters. The molecule has 0 bridgehead atoms. The van der Waals surface area contributed by atoms with Crippen LogP contribution >= 0.6 is 0 Å². The predicted molar refractivity (Wildman–Crippen MR) is 120 cm³/mol. The van der Waals surface area contributed by atoms with Crippen molar-refractivity contribution in [2.75, 3.05) is 41.0 Å². The molecule has 0 aliphatic rings. The molecule has 1 N–H and O–H groups in total. The molecule has 0 spiro atoms. The maximum absolute atomic E-state index is 11.7. The Kier molecular flexibility index (Phi) is 16.9. The van der Waals surface area contributed by atoms with Gasteiger partial charge in [-0.25, -0.2) is 0 Å². The van der Waals surface area contributed by atoms with Gasteiger partial charge in [0.1, 0.15) is 18.8 Å². The van der Waals surface area contributed by atoms with E-state index < -0.39 is 18.1 Å². The number of carboxylic acid groups (broad SMARTS) is 1. The molecular formula is C24H43NO6. The summed E-state index contributed by atoms with van der Waals surface area (Å²) in [6, 6.07) is -0.687. The minimum Gasteiger partial charge on any atom is -0.544 e. The zero-order valence-corrected chi connectivity index (χ0v) is 19.9. The molecule has 0 aromatic heterocycles. The third kappa shape index (κ3) is 17.7. The van der Waals surface area contributed by atoms with Gasteiger partial charge in [0.2, 0.25) is 0 Å². The molecular weight excluding hydrogens is 398 g/mol. The molecule has 0 aliphatic carbocycles. The fourth-order valence-electron chi connectivity index (χ4n) is 2.92. The lowest BCUT2D eigenvalue weighted by Gasteiger charge is -2.34. The van der Waals surface area contributed by atoms with Crippen LogP contribution in [0.2, 0.25) is 0 Å². The van der Waals surface area contributed by atoms with Gasteiger partial charge < -0.3 is 29.0 Å². The number of aliphatic carboxylic acids is 1. The zero-order valence-electron chi connectivity index (χ0n) is 19.9. The van der Waals surface area contributed by atoms with Crippen LogP contribution in [0.4, 0.5) is 0 Å². The molecule has 0 aromatic carbocycles. The summed E-state index contributed by atoms with van der Waals surface area (Å²) in [6.07, 6.45) is 15.5. The highest BCUT2D eigenvalue weighted by Gasteiger charge is 2.24. The lowest BCUT2D eigenvalue weighted by molar-refractivity contribution is -0.889. The summed E-state index contributed by atoms with van der Waals surface area (Å²) in [6.45, 7) is 2.24. The molecule has 0 amide bonds. The first-order chi connectivity index (χ1) is 14.7. The number of carboxylic acids is 1. The smallest absolute Gasteiger partial charge is 0.305 e. The molecule has 7 heteroatoms. The molecule has 180 valence electrons. The first kappa shape index (κ1) is 29.3. The molecule has 2 unspecified atom stereocenters.